The van der Waals surface area contributed by atoms with Gasteiger partial charge in [0.15, 0.2) is 11.5 Å². The topological polar surface area (TPSA) is 109 Å². The molecule has 2 atom stereocenters. The molecule has 8 nitrogen and oxygen atoms in total. The molecule has 0 saturated heterocycles. The van der Waals surface area contributed by atoms with Crippen molar-refractivity contribution in [2.45, 2.75) is 5.92 Å². The highest BCUT2D eigenvalue weighted by atomic mass is 16.5. The fraction of sp³-hybridized carbons (Fsp3) is 0.190. The molecule has 146 valence electrons. The largest absolute Gasteiger partial charge is 0.493 e. The van der Waals surface area contributed by atoms with E-state index in [1.165, 1.54) is 18.9 Å². The van der Waals surface area contributed by atoms with Crippen LogP contribution in [0.5, 0.6) is 11.5 Å². The molecule has 2 N–H and O–H groups in total. The molecule has 1 aromatic heterocycles. The maximum Gasteiger partial charge on any atom is 0.277 e. The van der Waals surface area contributed by atoms with E-state index in [9.17, 15) is 14.9 Å². The molecule has 0 spiro atoms. The zero-order chi connectivity index (χ0) is 20.5. The number of aromatic nitrogens is 2. The van der Waals surface area contributed by atoms with Gasteiger partial charge in [-0.3, -0.25) is 14.7 Å². The van der Waals surface area contributed by atoms with Crippen LogP contribution in [0.4, 0.5) is 5.82 Å². The van der Waals surface area contributed by atoms with Crippen LogP contribution < -0.4 is 20.3 Å². The van der Waals surface area contributed by atoms with Crippen LogP contribution in [0.15, 0.2) is 53.3 Å². The predicted octanol–water partition coefficient (Wildman–Crippen LogP) is 2.41. The molecule has 1 amide bonds. The molecule has 2 aromatic carbocycles. The van der Waals surface area contributed by atoms with E-state index in [1.807, 2.05) is 24.3 Å². The van der Waals surface area contributed by atoms with Gasteiger partial charge in [0.05, 0.1) is 31.5 Å². The molecule has 29 heavy (non-hydrogen) atoms. The Kier molecular flexibility index (Phi) is 4.56. The number of fused-ring (bicyclic) bond motifs is 1. The van der Waals surface area contributed by atoms with Crippen LogP contribution in [0.1, 0.15) is 17.0 Å². The summed E-state index contributed by atoms with van der Waals surface area (Å²) >= 11 is 0. The lowest BCUT2D eigenvalue weighted by molar-refractivity contribution is -0.119. The van der Waals surface area contributed by atoms with E-state index in [0.29, 0.717) is 28.3 Å². The number of ether oxygens (including phenoxy) is 2. The van der Waals surface area contributed by atoms with Crippen LogP contribution in [-0.2, 0) is 4.79 Å². The summed E-state index contributed by atoms with van der Waals surface area (Å²) in [4.78, 5) is 25.8. The summed E-state index contributed by atoms with van der Waals surface area (Å²) in [6.45, 7) is 0. The van der Waals surface area contributed by atoms with Gasteiger partial charge in [-0.1, -0.05) is 24.3 Å². The molecule has 3 aromatic rings. The van der Waals surface area contributed by atoms with Crippen molar-refractivity contribution in [1.82, 2.24) is 9.78 Å². The average Bonchev–Trinajstić information content (AvgIpc) is 3.08. The number of hydrogen-bond donors (Lipinski definition) is 2. The number of H-pyrrole nitrogens is 1. The van der Waals surface area contributed by atoms with Crippen LogP contribution >= 0.6 is 0 Å². The van der Waals surface area contributed by atoms with Crippen molar-refractivity contribution >= 4 is 11.7 Å². The van der Waals surface area contributed by atoms with E-state index >= 15 is 0 Å². The quantitative estimate of drug-likeness (QED) is 0.711. The molecule has 0 unspecified atom stereocenters. The summed E-state index contributed by atoms with van der Waals surface area (Å²) in [7, 11) is 3.02. The lowest BCUT2D eigenvalue weighted by atomic mass is 9.79. The molecule has 0 aliphatic carbocycles. The Morgan fingerprint density at radius 3 is 2.41 bits per heavy atom. The minimum atomic E-state index is -1.06. The summed E-state index contributed by atoms with van der Waals surface area (Å²) in [5, 5.41) is 15.3. The van der Waals surface area contributed by atoms with E-state index in [2.05, 4.69) is 10.4 Å². The van der Waals surface area contributed by atoms with E-state index in [0.717, 1.165) is 0 Å². The highest BCUT2D eigenvalue weighted by molar-refractivity contribution is 5.97. The van der Waals surface area contributed by atoms with Crippen LogP contribution in [0.2, 0.25) is 0 Å². The van der Waals surface area contributed by atoms with Gasteiger partial charge in [0.2, 0.25) is 5.91 Å². The van der Waals surface area contributed by atoms with Gasteiger partial charge >= 0.3 is 0 Å². The Bertz CT molecular complexity index is 1170. The lowest BCUT2D eigenvalue weighted by Gasteiger charge is -2.26. The van der Waals surface area contributed by atoms with Crippen molar-refractivity contribution in [3.63, 3.8) is 0 Å². The summed E-state index contributed by atoms with van der Waals surface area (Å²) < 4.78 is 12.0. The second-order valence-corrected chi connectivity index (χ2v) is 6.56. The number of methoxy groups -OCH3 is 2. The maximum absolute atomic E-state index is 13.3. The van der Waals surface area contributed by atoms with Crippen LogP contribution in [0.3, 0.4) is 0 Å². The Labute approximate surface area is 166 Å². The number of hydrogen-bond acceptors (Lipinski definition) is 5. The number of nitrogens with one attached hydrogen (secondary N) is 2. The predicted molar refractivity (Wildman–Crippen MR) is 106 cm³/mol. The zero-order valence-electron chi connectivity index (χ0n) is 15.8. The molecule has 8 heteroatoms. The summed E-state index contributed by atoms with van der Waals surface area (Å²) in [5.41, 5.74) is 1.24. The van der Waals surface area contributed by atoms with Gasteiger partial charge in [0.1, 0.15) is 11.7 Å². The summed E-state index contributed by atoms with van der Waals surface area (Å²) in [6.07, 6.45) is 0. The van der Waals surface area contributed by atoms with Gasteiger partial charge in [-0.15, -0.1) is 0 Å². The molecule has 1 aliphatic rings. The van der Waals surface area contributed by atoms with E-state index in [-0.39, 0.29) is 11.4 Å². The van der Waals surface area contributed by atoms with Crippen LogP contribution in [-0.4, -0.2) is 29.9 Å². The third-order valence-corrected chi connectivity index (χ3v) is 5.02. The SMILES string of the molecule is COc1ccc([C@H]2c3c([nH]n(-c4ccccc4)c3=O)NC(=O)[C@@H]2C#N)cc1OC. The third-order valence-electron chi connectivity index (χ3n) is 5.02. The Hall–Kier alpha value is -3.99. The Morgan fingerprint density at radius 1 is 1.03 bits per heavy atom. The Balaban J connectivity index is 1.93. The number of carbonyl (C=O) groups excluding carboxylic acids is 1. The first-order valence-corrected chi connectivity index (χ1v) is 8.91. The van der Waals surface area contributed by atoms with Gasteiger partial charge in [-0.05, 0) is 29.8 Å². The number of para-hydroxylation sites is 1. The monoisotopic (exact) mass is 390 g/mol. The number of anilines is 1. The second kappa shape index (κ2) is 7.20. The lowest BCUT2D eigenvalue weighted by Crippen LogP contribution is -2.35. The molecular weight excluding hydrogens is 372 g/mol. The number of rotatable bonds is 4. The van der Waals surface area contributed by atoms with Crippen molar-refractivity contribution in [2.75, 3.05) is 19.5 Å². The van der Waals surface area contributed by atoms with Crippen molar-refractivity contribution in [3.8, 4) is 23.3 Å². The van der Waals surface area contributed by atoms with E-state index < -0.39 is 17.7 Å². The molecule has 4 rings (SSSR count). The first kappa shape index (κ1) is 18.4. The summed E-state index contributed by atoms with van der Waals surface area (Å²) in [5.74, 6) is -1.03. The molecule has 1 aliphatic heterocycles. The molecular formula is C21H18N4O4. The first-order valence-electron chi connectivity index (χ1n) is 8.91. The normalized spacial score (nSPS) is 17.8. The molecule has 0 fully saturated rings. The summed E-state index contributed by atoms with van der Waals surface area (Å²) in [6, 6.07) is 16.2. The van der Waals surface area contributed by atoms with Crippen molar-refractivity contribution in [1.29, 1.82) is 5.26 Å². The zero-order valence-corrected chi connectivity index (χ0v) is 15.8. The van der Waals surface area contributed by atoms with Crippen molar-refractivity contribution in [2.24, 2.45) is 5.92 Å². The molecule has 0 bridgehead atoms. The highest BCUT2D eigenvalue weighted by Gasteiger charge is 2.41. The molecule has 0 radical (unpaired) electrons. The number of nitrogens with zero attached hydrogens (tertiary/aromatic N) is 2. The highest BCUT2D eigenvalue weighted by Crippen LogP contribution is 2.41. The third kappa shape index (κ3) is 2.93. The average molecular weight is 390 g/mol. The van der Waals surface area contributed by atoms with Gasteiger partial charge in [-0.25, -0.2) is 4.68 Å². The number of benzene rings is 2. The van der Waals surface area contributed by atoms with Gasteiger partial charge in [0.25, 0.3) is 5.56 Å². The fourth-order valence-corrected chi connectivity index (χ4v) is 3.65. The maximum atomic E-state index is 13.3. The fourth-order valence-electron chi connectivity index (χ4n) is 3.65. The number of nitriles is 1. The number of carbonyl (C=O) groups is 1. The van der Waals surface area contributed by atoms with Crippen molar-refractivity contribution in [3.05, 3.63) is 70.0 Å². The van der Waals surface area contributed by atoms with Crippen LogP contribution in [0, 0.1) is 17.2 Å². The molecule has 2 heterocycles. The minimum Gasteiger partial charge on any atom is -0.493 e. The number of aromatic amines is 1. The standard InChI is InChI=1S/C21H18N4O4/c1-28-15-9-8-12(10-16(15)29-2)17-14(11-22)20(26)23-19-18(17)21(27)25(24-19)13-6-4-3-5-7-13/h3-10,14,17,24H,1-2H3,(H,23,26)/t14-,17-/m1/s1. The minimum absolute atomic E-state index is 0.287. The first-order chi connectivity index (χ1) is 14.1. The smallest absolute Gasteiger partial charge is 0.277 e. The molecule has 0 saturated carbocycles. The Morgan fingerprint density at radius 2 is 1.76 bits per heavy atom. The van der Waals surface area contributed by atoms with Gasteiger partial charge in [0, 0.05) is 5.92 Å². The van der Waals surface area contributed by atoms with Crippen LogP contribution in [0.25, 0.3) is 5.69 Å². The number of amides is 1. The van der Waals surface area contributed by atoms with Gasteiger partial charge in [-0.2, -0.15) is 5.26 Å². The van der Waals surface area contributed by atoms with E-state index in [1.54, 1.807) is 30.3 Å². The van der Waals surface area contributed by atoms with E-state index in [4.69, 9.17) is 9.47 Å². The van der Waals surface area contributed by atoms with Crippen molar-refractivity contribution < 1.29 is 14.3 Å². The second-order valence-electron chi connectivity index (χ2n) is 6.56. The van der Waals surface area contributed by atoms with Gasteiger partial charge < -0.3 is 14.8 Å².